The fourth-order valence-electron chi connectivity index (χ4n) is 2.33. The molecule has 0 aromatic carbocycles. The summed E-state index contributed by atoms with van der Waals surface area (Å²) in [7, 11) is 1.96. The van der Waals surface area contributed by atoms with Gasteiger partial charge in [0.25, 0.3) is 5.56 Å². The lowest BCUT2D eigenvalue weighted by Crippen LogP contribution is -2.24. The Morgan fingerprint density at radius 1 is 1.32 bits per heavy atom. The molecule has 0 spiro atoms. The van der Waals surface area contributed by atoms with Crippen molar-refractivity contribution < 1.29 is 0 Å². The molecular weight excluding hydrogens is 242 g/mol. The van der Waals surface area contributed by atoms with Gasteiger partial charge >= 0.3 is 0 Å². The van der Waals surface area contributed by atoms with Crippen molar-refractivity contribution in [3.05, 3.63) is 39.8 Å². The summed E-state index contributed by atoms with van der Waals surface area (Å²) in [6.07, 6.45) is 3.65. The minimum Gasteiger partial charge on any atom is -0.316 e. The zero-order chi connectivity index (χ0) is 13.4. The second-order valence-corrected chi connectivity index (χ2v) is 5.13. The molecule has 19 heavy (non-hydrogen) atoms. The summed E-state index contributed by atoms with van der Waals surface area (Å²) in [5, 5.41) is 12.7. The van der Waals surface area contributed by atoms with Crippen LogP contribution in [0.1, 0.15) is 42.5 Å². The lowest BCUT2D eigenvalue weighted by molar-refractivity contribution is 0.390. The fraction of sp³-hybridized carbons (Fsp3) is 0.538. The molecule has 0 bridgehead atoms. The molecule has 6 heteroatoms. The van der Waals surface area contributed by atoms with Crippen LogP contribution in [0.5, 0.6) is 0 Å². The Labute approximate surface area is 111 Å². The average Bonchev–Trinajstić information content (AvgIpc) is 2.65. The molecule has 0 saturated heterocycles. The standard InChI is InChI=1S/C13H17N5O/c1-9-6-7-12(19)18(16-9)8-11-14-15-13(17(11)2)10-4-3-5-10/h6-7,10H,3-5,8H2,1-2H3. The highest BCUT2D eigenvalue weighted by Gasteiger charge is 2.25. The molecule has 2 aromatic heterocycles. The molecule has 2 aromatic rings. The van der Waals surface area contributed by atoms with Crippen LogP contribution >= 0.6 is 0 Å². The Morgan fingerprint density at radius 2 is 2.11 bits per heavy atom. The number of aromatic nitrogens is 5. The van der Waals surface area contributed by atoms with E-state index in [9.17, 15) is 4.79 Å². The van der Waals surface area contributed by atoms with Crippen molar-refractivity contribution in [1.29, 1.82) is 0 Å². The Hall–Kier alpha value is -1.98. The van der Waals surface area contributed by atoms with E-state index in [-0.39, 0.29) is 5.56 Å². The van der Waals surface area contributed by atoms with Crippen LogP contribution in [0.4, 0.5) is 0 Å². The van der Waals surface area contributed by atoms with E-state index in [0.717, 1.165) is 17.3 Å². The maximum atomic E-state index is 11.7. The molecule has 0 radical (unpaired) electrons. The first-order valence-corrected chi connectivity index (χ1v) is 6.58. The normalized spacial score (nSPS) is 15.5. The monoisotopic (exact) mass is 259 g/mol. The number of nitrogens with zero attached hydrogens (tertiary/aromatic N) is 5. The summed E-state index contributed by atoms with van der Waals surface area (Å²) in [5.41, 5.74) is 0.708. The molecule has 1 aliphatic carbocycles. The summed E-state index contributed by atoms with van der Waals surface area (Å²) in [6, 6.07) is 3.25. The van der Waals surface area contributed by atoms with Crippen LogP contribution < -0.4 is 5.56 Å². The Bertz CT molecular complexity index is 653. The van der Waals surface area contributed by atoms with Crippen LogP contribution in [-0.4, -0.2) is 24.5 Å². The third-order valence-corrected chi connectivity index (χ3v) is 3.76. The van der Waals surface area contributed by atoms with Crippen molar-refractivity contribution in [3.8, 4) is 0 Å². The second kappa shape index (κ2) is 4.60. The van der Waals surface area contributed by atoms with E-state index >= 15 is 0 Å². The first-order chi connectivity index (χ1) is 9.15. The maximum Gasteiger partial charge on any atom is 0.267 e. The van der Waals surface area contributed by atoms with Gasteiger partial charge in [-0.2, -0.15) is 5.10 Å². The SMILES string of the molecule is Cc1ccc(=O)n(Cc2nnc(C3CCC3)n2C)n1. The van der Waals surface area contributed by atoms with Gasteiger partial charge in [0, 0.05) is 19.0 Å². The first-order valence-electron chi connectivity index (χ1n) is 6.58. The highest BCUT2D eigenvalue weighted by Crippen LogP contribution is 2.35. The molecule has 2 heterocycles. The van der Waals surface area contributed by atoms with Crippen molar-refractivity contribution >= 4 is 0 Å². The Morgan fingerprint density at radius 3 is 2.79 bits per heavy atom. The molecule has 0 amide bonds. The highest BCUT2D eigenvalue weighted by molar-refractivity contribution is 5.05. The Balaban J connectivity index is 1.89. The van der Waals surface area contributed by atoms with Gasteiger partial charge < -0.3 is 4.57 Å². The van der Waals surface area contributed by atoms with Crippen molar-refractivity contribution in [2.24, 2.45) is 7.05 Å². The van der Waals surface area contributed by atoms with Gasteiger partial charge in [0.2, 0.25) is 0 Å². The van der Waals surface area contributed by atoms with Gasteiger partial charge in [-0.3, -0.25) is 4.79 Å². The van der Waals surface area contributed by atoms with Crippen LogP contribution in [-0.2, 0) is 13.6 Å². The lowest BCUT2D eigenvalue weighted by Gasteiger charge is -2.24. The molecule has 100 valence electrons. The van der Waals surface area contributed by atoms with E-state index in [2.05, 4.69) is 15.3 Å². The zero-order valence-electron chi connectivity index (χ0n) is 11.2. The van der Waals surface area contributed by atoms with Crippen molar-refractivity contribution in [1.82, 2.24) is 24.5 Å². The van der Waals surface area contributed by atoms with Gasteiger partial charge in [-0.05, 0) is 25.8 Å². The predicted octanol–water partition coefficient (Wildman–Crippen LogP) is 0.996. The second-order valence-electron chi connectivity index (χ2n) is 5.13. The molecule has 3 rings (SSSR count). The Kier molecular flexibility index (Phi) is 2.93. The minimum atomic E-state index is -0.112. The van der Waals surface area contributed by atoms with Gasteiger partial charge in [0.05, 0.1) is 5.69 Å². The van der Waals surface area contributed by atoms with Crippen molar-refractivity contribution in [2.75, 3.05) is 0 Å². The summed E-state index contributed by atoms with van der Waals surface area (Å²) < 4.78 is 3.43. The van der Waals surface area contributed by atoms with E-state index < -0.39 is 0 Å². The zero-order valence-corrected chi connectivity index (χ0v) is 11.2. The van der Waals surface area contributed by atoms with Crippen LogP contribution in [0, 0.1) is 6.92 Å². The summed E-state index contributed by atoms with van der Waals surface area (Å²) in [6.45, 7) is 2.24. The molecule has 0 atom stereocenters. The van der Waals surface area contributed by atoms with E-state index in [4.69, 9.17) is 0 Å². The molecule has 0 unspecified atom stereocenters. The van der Waals surface area contributed by atoms with Gasteiger partial charge in [-0.1, -0.05) is 6.42 Å². The molecule has 1 aliphatic rings. The van der Waals surface area contributed by atoms with E-state index in [1.165, 1.54) is 30.0 Å². The maximum absolute atomic E-state index is 11.7. The largest absolute Gasteiger partial charge is 0.316 e. The van der Waals surface area contributed by atoms with Gasteiger partial charge in [-0.25, -0.2) is 4.68 Å². The number of hydrogen-bond acceptors (Lipinski definition) is 4. The number of hydrogen-bond donors (Lipinski definition) is 0. The minimum absolute atomic E-state index is 0.112. The summed E-state index contributed by atoms with van der Waals surface area (Å²) in [5.74, 6) is 2.34. The van der Waals surface area contributed by atoms with E-state index in [0.29, 0.717) is 12.5 Å². The summed E-state index contributed by atoms with van der Waals surface area (Å²) in [4.78, 5) is 11.7. The van der Waals surface area contributed by atoms with Crippen LogP contribution in [0.2, 0.25) is 0 Å². The third-order valence-electron chi connectivity index (χ3n) is 3.76. The number of aryl methyl sites for hydroxylation is 1. The molecule has 1 fully saturated rings. The van der Waals surface area contributed by atoms with Gasteiger partial charge in [-0.15, -0.1) is 10.2 Å². The van der Waals surface area contributed by atoms with Gasteiger partial charge in [0.15, 0.2) is 5.82 Å². The average molecular weight is 259 g/mol. The van der Waals surface area contributed by atoms with E-state index in [1.807, 2.05) is 18.5 Å². The lowest BCUT2D eigenvalue weighted by atomic mass is 9.85. The molecule has 0 aliphatic heterocycles. The van der Waals surface area contributed by atoms with Gasteiger partial charge in [0.1, 0.15) is 12.4 Å². The highest BCUT2D eigenvalue weighted by atomic mass is 16.1. The fourth-order valence-corrected chi connectivity index (χ4v) is 2.33. The van der Waals surface area contributed by atoms with Crippen molar-refractivity contribution in [3.63, 3.8) is 0 Å². The quantitative estimate of drug-likeness (QED) is 0.824. The summed E-state index contributed by atoms with van der Waals surface area (Å²) >= 11 is 0. The third kappa shape index (κ3) is 2.18. The first kappa shape index (κ1) is 12.1. The molecule has 1 saturated carbocycles. The molecule has 0 N–H and O–H groups in total. The smallest absolute Gasteiger partial charge is 0.267 e. The predicted molar refractivity (Wildman–Crippen MR) is 69.9 cm³/mol. The van der Waals surface area contributed by atoms with E-state index in [1.54, 1.807) is 6.07 Å². The van der Waals surface area contributed by atoms with Crippen LogP contribution in [0.3, 0.4) is 0 Å². The number of rotatable bonds is 3. The van der Waals surface area contributed by atoms with Crippen LogP contribution in [0.15, 0.2) is 16.9 Å². The molecular formula is C13H17N5O. The molecule has 6 nitrogen and oxygen atoms in total. The van der Waals surface area contributed by atoms with Crippen molar-refractivity contribution in [2.45, 2.75) is 38.6 Å². The van der Waals surface area contributed by atoms with Crippen LogP contribution in [0.25, 0.3) is 0 Å². The topological polar surface area (TPSA) is 65.6 Å².